The van der Waals surface area contributed by atoms with Crippen LogP contribution in [0.3, 0.4) is 0 Å². The lowest BCUT2D eigenvalue weighted by Crippen LogP contribution is -2.30. The van der Waals surface area contributed by atoms with Crippen LogP contribution in [0.1, 0.15) is 5.56 Å². The van der Waals surface area contributed by atoms with Gasteiger partial charge in [-0.05, 0) is 31.0 Å². The first-order valence-corrected chi connectivity index (χ1v) is 6.13. The van der Waals surface area contributed by atoms with E-state index in [1.807, 2.05) is 6.07 Å². The zero-order valence-electron chi connectivity index (χ0n) is 8.99. The maximum Gasteiger partial charge on any atom is 0.0211 e. The minimum atomic E-state index is 0.321. The summed E-state index contributed by atoms with van der Waals surface area (Å²) in [5.41, 5.74) is 7.48. The molecule has 0 radical (unpaired) electrons. The quantitative estimate of drug-likeness (QED) is 0.888. The first-order valence-electron chi connectivity index (χ1n) is 5.34. The van der Waals surface area contributed by atoms with Gasteiger partial charge >= 0.3 is 0 Å². The predicted molar refractivity (Wildman–Crippen MR) is 66.8 cm³/mol. The van der Waals surface area contributed by atoms with Gasteiger partial charge in [-0.2, -0.15) is 0 Å². The second kappa shape index (κ2) is 4.64. The highest BCUT2D eigenvalue weighted by Gasteiger charge is 2.27. The average Bonchev–Trinajstić information content (AvgIpc) is 2.49. The molecule has 1 aliphatic rings. The normalized spacial score (nSPS) is 27.1. The van der Waals surface area contributed by atoms with Crippen molar-refractivity contribution >= 4 is 15.9 Å². The van der Waals surface area contributed by atoms with Crippen molar-refractivity contribution < 1.29 is 0 Å². The van der Waals surface area contributed by atoms with Gasteiger partial charge in [0.25, 0.3) is 0 Å². The molecule has 2 rings (SSSR count). The molecule has 2 N–H and O–H groups in total. The Hall–Kier alpha value is -0.380. The molecule has 82 valence electrons. The fourth-order valence-electron chi connectivity index (χ4n) is 2.28. The molecule has 1 saturated heterocycles. The van der Waals surface area contributed by atoms with E-state index in [9.17, 15) is 0 Å². The average molecular weight is 269 g/mol. The van der Waals surface area contributed by atoms with Crippen LogP contribution in [0, 0.1) is 5.92 Å². The van der Waals surface area contributed by atoms with Gasteiger partial charge in [-0.15, -0.1) is 0 Å². The van der Waals surface area contributed by atoms with Gasteiger partial charge in [-0.1, -0.05) is 34.1 Å². The van der Waals surface area contributed by atoms with E-state index in [4.69, 9.17) is 5.73 Å². The minimum Gasteiger partial charge on any atom is -0.326 e. The van der Waals surface area contributed by atoms with E-state index in [0.29, 0.717) is 12.0 Å². The van der Waals surface area contributed by atoms with Crippen molar-refractivity contribution in [3.8, 4) is 0 Å². The molecule has 0 saturated carbocycles. The molecule has 1 aromatic carbocycles. The second-order valence-corrected chi connectivity index (χ2v) is 5.30. The van der Waals surface area contributed by atoms with Crippen molar-refractivity contribution in [3.05, 3.63) is 34.3 Å². The van der Waals surface area contributed by atoms with Crippen LogP contribution in [-0.4, -0.2) is 31.1 Å². The van der Waals surface area contributed by atoms with Crippen molar-refractivity contribution in [2.75, 3.05) is 20.1 Å². The molecular weight excluding hydrogens is 252 g/mol. The molecule has 1 heterocycles. The predicted octanol–water partition coefficient (Wildman–Crippen LogP) is 1.88. The third-order valence-electron chi connectivity index (χ3n) is 3.11. The molecule has 0 aromatic heterocycles. The maximum absolute atomic E-state index is 6.11. The monoisotopic (exact) mass is 268 g/mol. The molecule has 2 nitrogen and oxygen atoms in total. The molecule has 0 amide bonds. The minimum absolute atomic E-state index is 0.321. The van der Waals surface area contributed by atoms with Gasteiger partial charge in [0.1, 0.15) is 0 Å². The zero-order chi connectivity index (χ0) is 10.8. The molecule has 15 heavy (non-hydrogen) atoms. The van der Waals surface area contributed by atoms with E-state index < -0.39 is 0 Å². The molecule has 0 aliphatic carbocycles. The van der Waals surface area contributed by atoms with Gasteiger partial charge in [-0.3, -0.25) is 0 Å². The maximum atomic E-state index is 6.11. The first kappa shape index (κ1) is 11.1. The van der Waals surface area contributed by atoms with Crippen LogP contribution in [-0.2, 0) is 6.42 Å². The number of nitrogens with two attached hydrogens (primary N) is 1. The van der Waals surface area contributed by atoms with E-state index in [2.05, 4.69) is 46.1 Å². The summed E-state index contributed by atoms with van der Waals surface area (Å²) in [6.07, 6.45) is 1.08. The number of halogens is 1. The number of hydrogen-bond donors (Lipinski definition) is 1. The van der Waals surface area contributed by atoms with Gasteiger partial charge in [0.2, 0.25) is 0 Å². The number of benzene rings is 1. The molecular formula is C12H17BrN2. The van der Waals surface area contributed by atoms with Gasteiger partial charge in [0.05, 0.1) is 0 Å². The standard InChI is InChI=1S/C12H17BrN2/c1-15-7-10(12(14)8-15)6-9-4-2-3-5-11(9)13/h2-5,10,12H,6-8,14H2,1H3. The molecule has 2 unspecified atom stereocenters. The smallest absolute Gasteiger partial charge is 0.0211 e. The van der Waals surface area contributed by atoms with Gasteiger partial charge in [0, 0.05) is 23.6 Å². The number of hydrogen-bond acceptors (Lipinski definition) is 2. The lowest BCUT2D eigenvalue weighted by molar-refractivity contribution is 0.394. The van der Waals surface area contributed by atoms with Crippen LogP contribution in [0.25, 0.3) is 0 Å². The van der Waals surface area contributed by atoms with Crippen LogP contribution in [0.5, 0.6) is 0 Å². The third kappa shape index (κ3) is 2.60. The van der Waals surface area contributed by atoms with Crippen LogP contribution in [0.2, 0.25) is 0 Å². The first-order chi connectivity index (χ1) is 7.16. The van der Waals surface area contributed by atoms with Crippen LogP contribution < -0.4 is 5.73 Å². The van der Waals surface area contributed by atoms with E-state index in [-0.39, 0.29) is 0 Å². The van der Waals surface area contributed by atoms with Gasteiger partial charge in [0.15, 0.2) is 0 Å². The van der Waals surface area contributed by atoms with Gasteiger partial charge in [-0.25, -0.2) is 0 Å². The van der Waals surface area contributed by atoms with Crippen molar-refractivity contribution in [1.82, 2.24) is 4.90 Å². The summed E-state index contributed by atoms with van der Waals surface area (Å²) in [6.45, 7) is 2.14. The van der Waals surface area contributed by atoms with E-state index in [1.165, 1.54) is 10.0 Å². The Bertz CT molecular complexity index is 340. The number of nitrogens with zero attached hydrogens (tertiary/aromatic N) is 1. The molecule has 1 aromatic rings. The Kier molecular flexibility index (Phi) is 3.44. The Labute approximate surface area is 99.6 Å². The highest BCUT2D eigenvalue weighted by molar-refractivity contribution is 9.10. The summed E-state index contributed by atoms with van der Waals surface area (Å²) in [5, 5.41) is 0. The van der Waals surface area contributed by atoms with Crippen molar-refractivity contribution in [2.24, 2.45) is 11.7 Å². The highest BCUT2D eigenvalue weighted by Crippen LogP contribution is 2.23. The van der Waals surface area contributed by atoms with E-state index in [1.54, 1.807) is 0 Å². The third-order valence-corrected chi connectivity index (χ3v) is 3.89. The summed E-state index contributed by atoms with van der Waals surface area (Å²) < 4.78 is 1.20. The topological polar surface area (TPSA) is 29.3 Å². The SMILES string of the molecule is CN1CC(N)C(Cc2ccccc2Br)C1. The summed E-state index contributed by atoms with van der Waals surface area (Å²) >= 11 is 3.58. The largest absolute Gasteiger partial charge is 0.326 e. The molecule has 2 atom stereocenters. The molecule has 3 heteroatoms. The summed E-state index contributed by atoms with van der Waals surface area (Å²) in [6, 6.07) is 8.73. The zero-order valence-corrected chi connectivity index (χ0v) is 10.6. The van der Waals surface area contributed by atoms with Gasteiger partial charge < -0.3 is 10.6 Å². The summed E-state index contributed by atoms with van der Waals surface area (Å²) in [4.78, 5) is 2.31. The second-order valence-electron chi connectivity index (χ2n) is 4.44. The molecule has 0 bridgehead atoms. The van der Waals surface area contributed by atoms with Crippen molar-refractivity contribution in [3.63, 3.8) is 0 Å². The Morgan fingerprint density at radius 2 is 2.13 bits per heavy atom. The summed E-state index contributed by atoms with van der Waals surface area (Å²) in [5.74, 6) is 0.591. The van der Waals surface area contributed by atoms with E-state index in [0.717, 1.165) is 19.5 Å². The fourth-order valence-corrected chi connectivity index (χ4v) is 2.73. The molecule has 1 fully saturated rings. The number of likely N-dealkylation sites (tertiary alicyclic amines) is 1. The number of likely N-dealkylation sites (N-methyl/N-ethyl adjacent to an activating group) is 1. The molecule has 0 spiro atoms. The van der Waals surface area contributed by atoms with Crippen LogP contribution in [0.4, 0.5) is 0 Å². The Morgan fingerprint density at radius 3 is 2.73 bits per heavy atom. The Morgan fingerprint density at radius 1 is 1.40 bits per heavy atom. The molecule has 1 aliphatic heterocycles. The van der Waals surface area contributed by atoms with Crippen molar-refractivity contribution in [2.45, 2.75) is 12.5 Å². The van der Waals surface area contributed by atoms with E-state index >= 15 is 0 Å². The lowest BCUT2D eigenvalue weighted by Gasteiger charge is -2.14. The van der Waals surface area contributed by atoms with Crippen molar-refractivity contribution in [1.29, 1.82) is 0 Å². The highest BCUT2D eigenvalue weighted by atomic mass is 79.9. The summed E-state index contributed by atoms with van der Waals surface area (Å²) in [7, 11) is 2.14. The fraction of sp³-hybridized carbons (Fsp3) is 0.500. The number of rotatable bonds is 2. The van der Waals surface area contributed by atoms with Crippen LogP contribution in [0.15, 0.2) is 28.7 Å². The lowest BCUT2D eigenvalue weighted by atomic mass is 9.95. The van der Waals surface area contributed by atoms with Crippen LogP contribution >= 0.6 is 15.9 Å². The Balaban J connectivity index is 2.06.